The van der Waals surface area contributed by atoms with Crippen LogP contribution < -0.4 is 0 Å². The molecule has 29 heavy (non-hydrogen) atoms. The molecule has 0 bridgehead atoms. The van der Waals surface area contributed by atoms with E-state index in [0.717, 1.165) is 37.8 Å². The van der Waals surface area contributed by atoms with Gasteiger partial charge in [-0.25, -0.2) is 0 Å². The molecule has 1 heterocycles. The number of hydrogen-bond acceptors (Lipinski definition) is 3. The summed E-state index contributed by atoms with van der Waals surface area (Å²) in [6.45, 7) is 6.07. The molecule has 1 rings (SSSR count). The van der Waals surface area contributed by atoms with Crippen LogP contribution in [-0.4, -0.2) is 40.3 Å². The third-order valence-electron chi connectivity index (χ3n) is 5.62. The fourth-order valence-electron chi connectivity index (χ4n) is 3.82. The van der Waals surface area contributed by atoms with Crippen molar-refractivity contribution in [2.75, 3.05) is 20.6 Å². The lowest BCUT2D eigenvalue weighted by Crippen LogP contribution is -2.14. The van der Waals surface area contributed by atoms with Gasteiger partial charge in [0.15, 0.2) is 11.8 Å². The first-order valence-electron chi connectivity index (χ1n) is 11.9. The minimum atomic E-state index is 0.182. The van der Waals surface area contributed by atoms with Crippen molar-refractivity contribution >= 4 is 0 Å². The number of rotatable bonds is 17. The number of aromatic hydroxyl groups is 2. The Morgan fingerprint density at radius 3 is 2.24 bits per heavy atom. The largest absolute Gasteiger partial charge is 0.494 e. The molecule has 2 N–H and O–H groups in total. The van der Waals surface area contributed by atoms with Gasteiger partial charge in [-0.3, -0.25) is 4.57 Å². The molecule has 0 aliphatic rings. The van der Waals surface area contributed by atoms with E-state index in [1.165, 1.54) is 63.4 Å². The second-order valence-corrected chi connectivity index (χ2v) is 8.71. The molecule has 0 saturated heterocycles. The number of aromatic nitrogens is 1. The Bertz CT molecular complexity index is 576. The van der Waals surface area contributed by atoms with Gasteiger partial charge in [0, 0.05) is 18.2 Å². The van der Waals surface area contributed by atoms with E-state index in [1.807, 2.05) is 14.1 Å². The Balaban J connectivity index is 2.70. The van der Waals surface area contributed by atoms with Crippen LogP contribution in [0.15, 0.2) is 17.7 Å². The van der Waals surface area contributed by atoms with Gasteiger partial charge in [-0.1, -0.05) is 70.4 Å². The van der Waals surface area contributed by atoms with Crippen molar-refractivity contribution in [2.24, 2.45) is 0 Å². The molecule has 0 saturated carbocycles. The predicted octanol–water partition coefficient (Wildman–Crippen LogP) is 6.65. The first-order chi connectivity index (χ1) is 14.0. The second kappa shape index (κ2) is 15.4. The number of allylic oxidation sites excluding steroid dienone is 2. The van der Waals surface area contributed by atoms with E-state index < -0.39 is 0 Å². The highest BCUT2D eigenvalue weighted by molar-refractivity contribution is 5.38. The highest BCUT2D eigenvalue weighted by Crippen LogP contribution is 2.31. The standard InChI is InChI=1S/C25H46N2O2/c1-5-7-9-11-12-14-17-22(16-13-10-8-6-2)20-23-21-24(28)27(25(23)29)19-15-18-26(3)4/h17,21,28-29H,5-16,18-20H2,1-4H3. The highest BCUT2D eigenvalue weighted by atomic mass is 16.3. The zero-order valence-corrected chi connectivity index (χ0v) is 19.6. The molecule has 0 atom stereocenters. The van der Waals surface area contributed by atoms with Crippen molar-refractivity contribution in [3.63, 3.8) is 0 Å². The quantitative estimate of drug-likeness (QED) is 0.225. The maximum atomic E-state index is 10.7. The van der Waals surface area contributed by atoms with Crippen LogP contribution in [-0.2, 0) is 13.0 Å². The highest BCUT2D eigenvalue weighted by Gasteiger charge is 2.15. The summed E-state index contributed by atoms with van der Waals surface area (Å²) in [5.74, 6) is 0.421. The minimum absolute atomic E-state index is 0.182. The molecule has 1 aromatic heterocycles. The summed E-state index contributed by atoms with van der Waals surface area (Å²) in [5.41, 5.74) is 2.28. The van der Waals surface area contributed by atoms with E-state index in [9.17, 15) is 10.2 Å². The molecule has 0 amide bonds. The lowest BCUT2D eigenvalue weighted by Gasteiger charge is -2.12. The summed E-state index contributed by atoms with van der Waals surface area (Å²) < 4.78 is 1.65. The van der Waals surface area contributed by atoms with Crippen LogP contribution in [0, 0.1) is 0 Å². The first-order valence-corrected chi connectivity index (χ1v) is 11.9. The molecule has 0 spiro atoms. The zero-order chi connectivity index (χ0) is 21.5. The number of unbranched alkanes of at least 4 members (excludes halogenated alkanes) is 8. The molecule has 0 aliphatic carbocycles. The summed E-state index contributed by atoms with van der Waals surface area (Å²) in [6, 6.07) is 1.76. The molecular formula is C25H46N2O2. The van der Waals surface area contributed by atoms with Crippen LogP contribution in [0.1, 0.15) is 96.5 Å². The number of hydrogen-bond donors (Lipinski definition) is 2. The molecular weight excluding hydrogens is 360 g/mol. The van der Waals surface area contributed by atoms with Crippen LogP contribution in [0.2, 0.25) is 0 Å². The average molecular weight is 407 g/mol. The fraction of sp³-hybridized carbons (Fsp3) is 0.760. The van der Waals surface area contributed by atoms with Crippen LogP contribution in [0.5, 0.6) is 11.8 Å². The van der Waals surface area contributed by atoms with Crippen molar-refractivity contribution in [2.45, 2.75) is 104 Å². The fourth-order valence-corrected chi connectivity index (χ4v) is 3.82. The zero-order valence-electron chi connectivity index (χ0n) is 19.6. The predicted molar refractivity (Wildman–Crippen MR) is 125 cm³/mol. The topological polar surface area (TPSA) is 48.6 Å². The van der Waals surface area contributed by atoms with Gasteiger partial charge in [0.1, 0.15) is 0 Å². The molecule has 0 aliphatic heterocycles. The summed E-state index contributed by atoms with van der Waals surface area (Å²) in [6.07, 6.45) is 17.8. The molecule has 1 aromatic rings. The van der Waals surface area contributed by atoms with Crippen LogP contribution >= 0.6 is 0 Å². The van der Waals surface area contributed by atoms with Crippen molar-refractivity contribution in [1.29, 1.82) is 0 Å². The average Bonchev–Trinajstić information content (AvgIpc) is 2.94. The maximum absolute atomic E-state index is 10.7. The minimum Gasteiger partial charge on any atom is -0.494 e. The van der Waals surface area contributed by atoms with Crippen LogP contribution in [0.4, 0.5) is 0 Å². The lowest BCUT2D eigenvalue weighted by molar-refractivity contribution is 0.339. The van der Waals surface area contributed by atoms with Crippen molar-refractivity contribution in [3.8, 4) is 11.8 Å². The van der Waals surface area contributed by atoms with Gasteiger partial charge in [0.25, 0.3) is 0 Å². The van der Waals surface area contributed by atoms with E-state index >= 15 is 0 Å². The SMILES string of the molecule is CCCCCCCC=C(CCCCCC)Cc1cc(O)n(CCCN(C)C)c1O. The monoisotopic (exact) mass is 406 g/mol. The molecule has 0 radical (unpaired) electrons. The lowest BCUT2D eigenvalue weighted by atomic mass is 9.98. The molecule has 4 nitrogen and oxygen atoms in total. The van der Waals surface area contributed by atoms with E-state index in [0.29, 0.717) is 6.54 Å². The van der Waals surface area contributed by atoms with Gasteiger partial charge in [0.2, 0.25) is 0 Å². The molecule has 168 valence electrons. The second-order valence-electron chi connectivity index (χ2n) is 8.71. The Kier molecular flexibility index (Phi) is 13.6. The first kappa shape index (κ1) is 25.6. The molecule has 0 unspecified atom stereocenters. The van der Waals surface area contributed by atoms with Crippen molar-refractivity contribution < 1.29 is 10.2 Å². The Labute approximate surface area is 179 Å². The normalized spacial score (nSPS) is 12.2. The van der Waals surface area contributed by atoms with Gasteiger partial charge in [-0.2, -0.15) is 0 Å². The summed E-state index contributed by atoms with van der Waals surface area (Å²) in [4.78, 5) is 2.12. The molecule has 0 fully saturated rings. The van der Waals surface area contributed by atoms with Gasteiger partial charge >= 0.3 is 0 Å². The van der Waals surface area contributed by atoms with Gasteiger partial charge in [-0.15, -0.1) is 0 Å². The van der Waals surface area contributed by atoms with E-state index in [1.54, 1.807) is 10.6 Å². The van der Waals surface area contributed by atoms with Crippen LogP contribution in [0.25, 0.3) is 0 Å². The van der Waals surface area contributed by atoms with E-state index in [2.05, 4.69) is 24.8 Å². The van der Waals surface area contributed by atoms with Crippen molar-refractivity contribution in [1.82, 2.24) is 9.47 Å². The smallest absolute Gasteiger partial charge is 0.197 e. The van der Waals surface area contributed by atoms with Crippen LogP contribution in [0.3, 0.4) is 0 Å². The summed E-state index contributed by atoms with van der Waals surface area (Å²) >= 11 is 0. The summed E-state index contributed by atoms with van der Waals surface area (Å²) in [7, 11) is 4.08. The third kappa shape index (κ3) is 10.8. The Hall–Kier alpha value is -1.42. The van der Waals surface area contributed by atoms with Crippen molar-refractivity contribution in [3.05, 3.63) is 23.3 Å². The Morgan fingerprint density at radius 1 is 0.931 bits per heavy atom. The van der Waals surface area contributed by atoms with E-state index in [-0.39, 0.29) is 11.8 Å². The third-order valence-corrected chi connectivity index (χ3v) is 5.62. The Morgan fingerprint density at radius 2 is 1.59 bits per heavy atom. The van der Waals surface area contributed by atoms with Gasteiger partial charge < -0.3 is 15.1 Å². The van der Waals surface area contributed by atoms with Gasteiger partial charge in [0.05, 0.1) is 0 Å². The van der Waals surface area contributed by atoms with Gasteiger partial charge in [-0.05, 0) is 59.2 Å². The van der Waals surface area contributed by atoms with E-state index in [4.69, 9.17) is 0 Å². The molecule has 0 aromatic carbocycles. The maximum Gasteiger partial charge on any atom is 0.197 e. The molecule has 4 heteroatoms. The summed E-state index contributed by atoms with van der Waals surface area (Å²) in [5, 5.41) is 21.0. The number of nitrogens with zero attached hydrogens (tertiary/aromatic N) is 2.